The van der Waals surface area contributed by atoms with Crippen molar-refractivity contribution in [2.75, 3.05) is 13.7 Å². The number of nitrogens with one attached hydrogen (secondary N) is 1. The molecular weight excluding hydrogens is 214 g/mol. The Labute approximate surface area is 103 Å². The predicted molar refractivity (Wildman–Crippen MR) is 69.6 cm³/mol. The molecule has 0 unspecified atom stereocenters. The van der Waals surface area contributed by atoms with E-state index in [2.05, 4.69) is 32.2 Å². The lowest BCUT2D eigenvalue weighted by Crippen LogP contribution is -2.21. The Kier molecular flexibility index (Phi) is 4.70. The SMILES string of the molecule is COc1c(C)c(C)cc(C)c1CNCC(C)=O. The molecule has 0 aliphatic carbocycles. The van der Waals surface area contributed by atoms with Crippen LogP contribution in [0.3, 0.4) is 0 Å². The summed E-state index contributed by atoms with van der Waals surface area (Å²) < 4.78 is 5.47. The van der Waals surface area contributed by atoms with E-state index in [9.17, 15) is 4.79 Å². The third kappa shape index (κ3) is 3.30. The van der Waals surface area contributed by atoms with Crippen LogP contribution in [0.15, 0.2) is 6.07 Å². The number of carbonyl (C=O) groups excluding carboxylic acids is 1. The average molecular weight is 235 g/mol. The standard InChI is InChI=1S/C14H21NO2/c1-9-6-10(2)13(8-15-7-11(3)16)14(17-5)12(9)4/h6,15H,7-8H2,1-5H3. The fraction of sp³-hybridized carbons (Fsp3) is 0.500. The molecule has 94 valence electrons. The van der Waals surface area contributed by atoms with Crippen LogP contribution >= 0.6 is 0 Å². The molecule has 1 rings (SSSR count). The van der Waals surface area contributed by atoms with Crippen LogP contribution in [0.2, 0.25) is 0 Å². The summed E-state index contributed by atoms with van der Waals surface area (Å²) in [5.74, 6) is 1.07. The first-order chi connectivity index (χ1) is 7.97. The lowest BCUT2D eigenvalue weighted by atomic mass is 9.99. The second kappa shape index (κ2) is 5.82. The minimum Gasteiger partial charge on any atom is -0.496 e. The topological polar surface area (TPSA) is 38.3 Å². The van der Waals surface area contributed by atoms with E-state index < -0.39 is 0 Å². The van der Waals surface area contributed by atoms with Crippen LogP contribution in [0, 0.1) is 20.8 Å². The van der Waals surface area contributed by atoms with Gasteiger partial charge >= 0.3 is 0 Å². The highest BCUT2D eigenvalue weighted by Crippen LogP contribution is 2.29. The number of benzene rings is 1. The summed E-state index contributed by atoms with van der Waals surface area (Å²) in [5, 5.41) is 3.13. The number of methoxy groups -OCH3 is 1. The third-order valence-corrected chi connectivity index (χ3v) is 3.00. The molecule has 1 aromatic carbocycles. The first-order valence-electron chi connectivity index (χ1n) is 5.81. The highest BCUT2D eigenvalue weighted by molar-refractivity contribution is 5.77. The number of hydrogen-bond donors (Lipinski definition) is 1. The molecule has 3 nitrogen and oxygen atoms in total. The van der Waals surface area contributed by atoms with Gasteiger partial charge in [0.05, 0.1) is 13.7 Å². The smallest absolute Gasteiger partial charge is 0.143 e. The quantitative estimate of drug-likeness (QED) is 0.851. The zero-order valence-electron chi connectivity index (χ0n) is 11.3. The van der Waals surface area contributed by atoms with Crippen molar-refractivity contribution >= 4 is 5.78 Å². The Hall–Kier alpha value is -1.35. The third-order valence-electron chi connectivity index (χ3n) is 3.00. The molecule has 0 aliphatic rings. The minimum atomic E-state index is 0.144. The van der Waals surface area contributed by atoms with E-state index >= 15 is 0 Å². The van der Waals surface area contributed by atoms with Gasteiger partial charge < -0.3 is 10.1 Å². The fourth-order valence-corrected chi connectivity index (χ4v) is 1.96. The minimum absolute atomic E-state index is 0.144. The number of aryl methyl sites for hydroxylation is 2. The highest BCUT2D eigenvalue weighted by atomic mass is 16.5. The van der Waals surface area contributed by atoms with Gasteiger partial charge in [0, 0.05) is 12.1 Å². The summed E-state index contributed by atoms with van der Waals surface area (Å²) in [5.41, 5.74) is 4.73. The Bertz CT molecular complexity index is 425. The molecule has 0 saturated heterocycles. The molecular formula is C14H21NO2. The predicted octanol–water partition coefficient (Wildman–Crippen LogP) is 2.30. The normalized spacial score (nSPS) is 10.4. The molecule has 0 bridgehead atoms. The van der Waals surface area contributed by atoms with E-state index in [0.717, 1.165) is 16.9 Å². The van der Waals surface area contributed by atoms with E-state index in [4.69, 9.17) is 4.74 Å². The van der Waals surface area contributed by atoms with Gasteiger partial charge in [0.2, 0.25) is 0 Å². The molecule has 0 amide bonds. The van der Waals surface area contributed by atoms with Crippen LogP contribution in [0.1, 0.15) is 29.2 Å². The molecule has 1 N–H and O–H groups in total. The van der Waals surface area contributed by atoms with Crippen LogP contribution in [0.5, 0.6) is 5.75 Å². The molecule has 0 saturated carbocycles. The Morgan fingerprint density at radius 2 is 1.94 bits per heavy atom. The van der Waals surface area contributed by atoms with Crippen molar-refractivity contribution in [3.8, 4) is 5.75 Å². The molecule has 0 aliphatic heterocycles. The molecule has 3 heteroatoms. The number of ketones is 1. The number of rotatable bonds is 5. The summed E-state index contributed by atoms with van der Waals surface area (Å²) in [6.07, 6.45) is 0. The van der Waals surface area contributed by atoms with Gasteiger partial charge in [-0.2, -0.15) is 0 Å². The maximum Gasteiger partial charge on any atom is 0.143 e. The van der Waals surface area contributed by atoms with Crippen LogP contribution in [0.25, 0.3) is 0 Å². The second-order valence-corrected chi connectivity index (χ2v) is 4.45. The Morgan fingerprint density at radius 1 is 1.29 bits per heavy atom. The Morgan fingerprint density at radius 3 is 2.47 bits per heavy atom. The van der Waals surface area contributed by atoms with E-state index in [1.54, 1.807) is 14.0 Å². The molecule has 0 spiro atoms. The van der Waals surface area contributed by atoms with Crippen molar-refractivity contribution in [3.05, 3.63) is 28.3 Å². The van der Waals surface area contributed by atoms with Gasteiger partial charge in [0.1, 0.15) is 11.5 Å². The molecule has 0 aromatic heterocycles. The summed E-state index contributed by atoms with van der Waals surface area (Å²) in [6, 6.07) is 2.16. The molecule has 0 heterocycles. The Balaban J connectivity index is 2.97. The molecule has 0 radical (unpaired) electrons. The van der Waals surface area contributed by atoms with Crippen molar-refractivity contribution in [2.45, 2.75) is 34.2 Å². The van der Waals surface area contributed by atoms with Gasteiger partial charge in [-0.1, -0.05) is 6.07 Å². The highest BCUT2D eigenvalue weighted by Gasteiger charge is 2.11. The van der Waals surface area contributed by atoms with Crippen molar-refractivity contribution < 1.29 is 9.53 Å². The second-order valence-electron chi connectivity index (χ2n) is 4.45. The van der Waals surface area contributed by atoms with Crippen LogP contribution in [-0.4, -0.2) is 19.4 Å². The van der Waals surface area contributed by atoms with E-state index in [-0.39, 0.29) is 5.78 Å². The van der Waals surface area contributed by atoms with Crippen LogP contribution in [-0.2, 0) is 11.3 Å². The molecule has 0 fully saturated rings. The fourth-order valence-electron chi connectivity index (χ4n) is 1.96. The summed E-state index contributed by atoms with van der Waals surface area (Å²) >= 11 is 0. The number of hydrogen-bond acceptors (Lipinski definition) is 3. The van der Waals surface area contributed by atoms with Crippen LogP contribution < -0.4 is 10.1 Å². The van der Waals surface area contributed by atoms with Crippen molar-refractivity contribution in [1.82, 2.24) is 5.32 Å². The van der Waals surface area contributed by atoms with E-state index in [0.29, 0.717) is 13.1 Å². The first kappa shape index (κ1) is 13.7. The van der Waals surface area contributed by atoms with Crippen molar-refractivity contribution in [3.63, 3.8) is 0 Å². The average Bonchev–Trinajstić information content (AvgIpc) is 2.25. The lowest BCUT2D eigenvalue weighted by Gasteiger charge is -2.16. The van der Waals surface area contributed by atoms with E-state index in [1.807, 2.05) is 0 Å². The summed E-state index contributed by atoms with van der Waals surface area (Å²) in [7, 11) is 1.69. The molecule has 0 atom stereocenters. The molecule has 17 heavy (non-hydrogen) atoms. The van der Waals surface area contributed by atoms with E-state index in [1.165, 1.54) is 11.1 Å². The van der Waals surface area contributed by atoms with Gasteiger partial charge in [-0.3, -0.25) is 4.79 Å². The molecule has 1 aromatic rings. The largest absolute Gasteiger partial charge is 0.496 e. The van der Waals surface area contributed by atoms with Crippen molar-refractivity contribution in [1.29, 1.82) is 0 Å². The van der Waals surface area contributed by atoms with Gasteiger partial charge in [-0.05, 0) is 44.4 Å². The zero-order chi connectivity index (χ0) is 13.0. The summed E-state index contributed by atoms with van der Waals surface area (Å²) in [6.45, 7) is 8.85. The summed E-state index contributed by atoms with van der Waals surface area (Å²) in [4.78, 5) is 10.9. The zero-order valence-corrected chi connectivity index (χ0v) is 11.3. The number of carbonyl (C=O) groups is 1. The van der Waals surface area contributed by atoms with Gasteiger partial charge in [-0.15, -0.1) is 0 Å². The maximum absolute atomic E-state index is 10.9. The van der Waals surface area contributed by atoms with Gasteiger partial charge in [0.25, 0.3) is 0 Å². The number of Topliss-reactive ketones (excluding diaryl/α,β-unsaturated/α-hetero) is 1. The maximum atomic E-state index is 10.9. The number of ether oxygens (including phenoxy) is 1. The lowest BCUT2D eigenvalue weighted by molar-refractivity contribution is -0.116. The van der Waals surface area contributed by atoms with Gasteiger partial charge in [-0.25, -0.2) is 0 Å². The van der Waals surface area contributed by atoms with Gasteiger partial charge in [0.15, 0.2) is 0 Å². The monoisotopic (exact) mass is 235 g/mol. The van der Waals surface area contributed by atoms with Crippen LogP contribution in [0.4, 0.5) is 0 Å². The first-order valence-corrected chi connectivity index (χ1v) is 5.81. The van der Waals surface area contributed by atoms with Crippen molar-refractivity contribution in [2.24, 2.45) is 0 Å².